The lowest BCUT2D eigenvalue weighted by atomic mass is 9.97. The van der Waals surface area contributed by atoms with Crippen molar-refractivity contribution in [3.63, 3.8) is 0 Å². The number of hydrogen-bond donors (Lipinski definition) is 1. The van der Waals surface area contributed by atoms with Crippen molar-refractivity contribution in [2.75, 3.05) is 37.7 Å². The molecule has 0 unspecified atom stereocenters. The fourth-order valence-corrected chi connectivity index (χ4v) is 5.09. The number of ether oxygens (including phenoxy) is 1. The zero-order valence-corrected chi connectivity index (χ0v) is 21.2. The fourth-order valence-electron chi connectivity index (χ4n) is 4.70. The molecular formula is C28H29Cl2N3O2. The maximum absolute atomic E-state index is 9.04. The molecule has 0 radical (unpaired) electrons. The summed E-state index contributed by atoms with van der Waals surface area (Å²) in [5, 5.41) is 19.4. The zero-order chi connectivity index (χ0) is 24.8. The van der Waals surface area contributed by atoms with E-state index in [1.165, 1.54) is 11.1 Å². The normalized spacial score (nSPS) is 18.3. The predicted octanol–water partition coefficient (Wildman–Crippen LogP) is 5.73. The molecule has 1 aliphatic rings. The van der Waals surface area contributed by atoms with E-state index >= 15 is 0 Å². The van der Waals surface area contributed by atoms with Gasteiger partial charge in [0.05, 0.1) is 35.0 Å². The van der Waals surface area contributed by atoms with Crippen LogP contribution in [-0.2, 0) is 6.42 Å². The average Bonchev–Trinajstić information content (AvgIpc) is 2.87. The molecule has 1 saturated heterocycles. The van der Waals surface area contributed by atoms with Gasteiger partial charge in [0.2, 0.25) is 0 Å². The van der Waals surface area contributed by atoms with Crippen molar-refractivity contribution in [2.24, 2.45) is 0 Å². The van der Waals surface area contributed by atoms with E-state index in [2.05, 4.69) is 34.9 Å². The first-order valence-corrected chi connectivity index (χ1v) is 12.5. The van der Waals surface area contributed by atoms with Crippen LogP contribution < -0.4 is 9.64 Å². The van der Waals surface area contributed by atoms with E-state index < -0.39 is 0 Å². The summed E-state index contributed by atoms with van der Waals surface area (Å²) in [6.07, 6.45) is 0.920. The van der Waals surface area contributed by atoms with Crippen LogP contribution in [-0.4, -0.2) is 48.9 Å². The highest BCUT2D eigenvalue weighted by molar-refractivity contribution is 6.33. The molecule has 0 aliphatic carbocycles. The third-order valence-corrected chi connectivity index (χ3v) is 6.93. The van der Waals surface area contributed by atoms with Crippen LogP contribution in [0.3, 0.4) is 0 Å². The van der Waals surface area contributed by atoms with Crippen LogP contribution in [0.2, 0.25) is 10.0 Å². The maximum atomic E-state index is 9.04. The molecule has 182 valence electrons. The number of hydrogen-bond acceptors (Lipinski definition) is 5. The van der Waals surface area contributed by atoms with Gasteiger partial charge in [0.25, 0.3) is 0 Å². The number of aliphatic hydroxyl groups excluding tert-OH is 1. The summed E-state index contributed by atoms with van der Waals surface area (Å²) in [7, 11) is 0. The van der Waals surface area contributed by atoms with Gasteiger partial charge in [-0.3, -0.25) is 4.90 Å². The van der Waals surface area contributed by atoms with Crippen molar-refractivity contribution in [3.8, 4) is 11.8 Å². The van der Waals surface area contributed by atoms with Crippen LogP contribution in [0.5, 0.6) is 5.75 Å². The monoisotopic (exact) mass is 509 g/mol. The third-order valence-electron chi connectivity index (χ3n) is 6.38. The van der Waals surface area contributed by atoms with E-state index in [-0.39, 0.29) is 25.3 Å². The number of benzene rings is 3. The Morgan fingerprint density at radius 2 is 1.77 bits per heavy atom. The molecule has 1 heterocycles. The molecular weight excluding hydrogens is 481 g/mol. The number of nitriles is 1. The Balaban J connectivity index is 1.57. The summed E-state index contributed by atoms with van der Waals surface area (Å²) in [5.41, 5.74) is 4.05. The molecule has 7 heteroatoms. The summed E-state index contributed by atoms with van der Waals surface area (Å²) in [5.74, 6) is 0.643. The van der Waals surface area contributed by atoms with Crippen molar-refractivity contribution in [2.45, 2.75) is 25.4 Å². The Hall–Kier alpha value is -2.75. The van der Waals surface area contributed by atoms with Crippen molar-refractivity contribution >= 4 is 28.9 Å². The average molecular weight is 510 g/mol. The molecule has 3 aromatic rings. The molecule has 0 aromatic heterocycles. The van der Waals surface area contributed by atoms with E-state index in [0.29, 0.717) is 21.4 Å². The predicted molar refractivity (Wildman–Crippen MR) is 141 cm³/mol. The minimum absolute atomic E-state index is 0.0422. The van der Waals surface area contributed by atoms with Crippen LogP contribution in [0, 0.1) is 11.3 Å². The van der Waals surface area contributed by atoms with Gasteiger partial charge in [-0.1, -0.05) is 47.5 Å². The second kappa shape index (κ2) is 11.8. The lowest BCUT2D eigenvalue weighted by Crippen LogP contribution is -2.54. The van der Waals surface area contributed by atoms with Gasteiger partial charge in [-0.15, -0.1) is 0 Å². The van der Waals surface area contributed by atoms with Gasteiger partial charge in [0, 0.05) is 36.8 Å². The van der Waals surface area contributed by atoms with E-state index in [4.69, 9.17) is 38.3 Å². The number of anilines is 1. The highest BCUT2D eigenvalue weighted by Crippen LogP contribution is 2.39. The molecule has 1 fully saturated rings. The summed E-state index contributed by atoms with van der Waals surface area (Å²) in [6, 6.07) is 24.1. The standard InChI is InChI=1S/C28H29Cl2N3O2/c1-20-18-32(13-12-21-2-4-22(17-31)5-3-21)19-28(23-6-8-24(29)9-7-23)33(20)27-11-10-25(16-26(27)30)35-15-14-34/h2-11,16,20,28,34H,12-15,18-19H2,1H3/t20-,28-/m0/s1. The Kier molecular flexibility index (Phi) is 8.54. The Morgan fingerprint density at radius 3 is 2.43 bits per heavy atom. The molecule has 4 rings (SSSR count). The Labute approximate surface area is 217 Å². The van der Waals surface area contributed by atoms with Gasteiger partial charge in [0.15, 0.2) is 0 Å². The minimum Gasteiger partial charge on any atom is -0.491 e. The number of aliphatic hydroxyl groups is 1. The van der Waals surface area contributed by atoms with Crippen LogP contribution in [0.15, 0.2) is 66.7 Å². The summed E-state index contributed by atoms with van der Waals surface area (Å²) in [4.78, 5) is 4.88. The van der Waals surface area contributed by atoms with Crippen LogP contribution in [0.4, 0.5) is 5.69 Å². The Morgan fingerprint density at radius 1 is 1.03 bits per heavy atom. The number of nitrogens with zero attached hydrogens (tertiary/aromatic N) is 3. The van der Waals surface area contributed by atoms with Gasteiger partial charge in [-0.2, -0.15) is 5.26 Å². The number of piperazine rings is 1. The second-order valence-electron chi connectivity index (χ2n) is 8.83. The van der Waals surface area contributed by atoms with Crippen LogP contribution in [0.1, 0.15) is 29.7 Å². The van der Waals surface area contributed by atoms with Gasteiger partial charge in [-0.05, 0) is 60.9 Å². The van der Waals surface area contributed by atoms with E-state index in [9.17, 15) is 0 Å². The van der Waals surface area contributed by atoms with Crippen molar-refractivity contribution in [1.82, 2.24) is 4.90 Å². The lowest BCUT2D eigenvalue weighted by Gasteiger charge is -2.47. The molecule has 0 amide bonds. The van der Waals surface area contributed by atoms with E-state index in [1.54, 1.807) is 0 Å². The molecule has 1 N–H and O–H groups in total. The molecule has 0 spiro atoms. The second-order valence-corrected chi connectivity index (χ2v) is 9.67. The van der Waals surface area contributed by atoms with Crippen molar-refractivity contribution in [3.05, 3.63) is 93.5 Å². The number of halogens is 2. The SMILES string of the molecule is C[C@H]1CN(CCc2ccc(C#N)cc2)C[C@@H](c2ccc(Cl)cc2)N1c1ccc(OCCO)cc1Cl. The molecule has 1 aliphatic heterocycles. The highest BCUT2D eigenvalue weighted by atomic mass is 35.5. The maximum Gasteiger partial charge on any atom is 0.121 e. The molecule has 5 nitrogen and oxygen atoms in total. The summed E-state index contributed by atoms with van der Waals surface area (Å²) in [6.45, 7) is 5.09. The summed E-state index contributed by atoms with van der Waals surface area (Å²) < 4.78 is 5.54. The quantitative estimate of drug-likeness (QED) is 0.420. The first kappa shape index (κ1) is 25.3. The molecule has 3 aromatic carbocycles. The first-order chi connectivity index (χ1) is 17.0. The van der Waals surface area contributed by atoms with Gasteiger partial charge in [-0.25, -0.2) is 0 Å². The number of rotatable bonds is 8. The summed E-state index contributed by atoms with van der Waals surface area (Å²) >= 11 is 12.9. The minimum atomic E-state index is -0.0422. The largest absolute Gasteiger partial charge is 0.491 e. The lowest BCUT2D eigenvalue weighted by molar-refractivity contribution is 0.196. The van der Waals surface area contributed by atoms with Gasteiger partial charge >= 0.3 is 0 Å². The third kappa shape index (κ3) is 6.28. The Bertz CT molecular complexity index is 1160. The smallest absolute Gasteiger partial charge is 0.121 e. The van der Waals surface area contributed by atoms with E-state index in [1.807, 2.05) is 54.6 Å². The van der Waals surface area contributed by atoms with E-state index in [0.717, 1.165) is 31.7 Å². The first-order valence-electron chi connectivity index (χ1n) is 11.8. The van der Waals surface area contributed by atoms with Gasteiger partial charge < -0.3 is 14.7 Å². The van der Waals surface area contributed by atoms with Crippen molar-refractivity contribution < 1.29 is 9.84 Å². The molecule has 2 atom stereocenters. The fraction of sp³-hybridized carbons (Fsp3) is 0.321. The highest BCUT2D eigenvalue weighted by Gasteiger charge is 2.34. The van der Waals surface area contributed by atoms with Crippen LogP contribution in [0.25, 0.3) is 0 Å². The topological polar surface area (TPSA) is 59.7 Å². The molecule has 35 heavy (non-hydrogen) atoms. The zero-order valence-electron chi connectivity index (χ0n) is 19.7. The van der Waals surface area contributed by atoms with Gasteiger partial charge in [0.1, 0.15) is 12.4 Å². The van der Waals surface area contributed by atoms with Crippen LogP contribution >= 0.6 is 23.2 Å². The molecule has 0 bridgehead atoms. The van der Waals surface area contributed by atoms with Crippen molar-refractivity contribution in [1.29, 1.82) is 5.26 Å². The molecule has 0 saturated carbocycles.